The Kier molecular flexibility index (Phi) is 3.53. The first-order chi connectivity index (χ1) is 6.59. The fourth-order valence-electron chi connectivity index (χ4n) is 0.850. The highest BCUT2D eigenvalue weighted by Crippen LogP contribution is 1.97. The molecule has 0 bridgehead atoms. The van der Waals surface area contributed by atoms with Crippen LogP contribution in [0.5, 0.6) is 0 Å². The molecule has 4 nitrogen and oxygen atoms in total. The number of hydrogen-bond acceptors (Lipinski definition) is 3. The van der Waals surface area contributed by atoms with Crippen LogP contribution >= 0.6 is 0 Å². The molecular formula is C9H12FN3O. The third kappa shape index (κ3) is 3.10. The lowest BCUT2D eigenvalue weighted by atomic mass is 10.3. The fraction of sp³-hybridized carbons (Fsp3) is 0.333. The van der Waals surface area contributed by atoms with Crippen molar-refractivity contribution in [3.63, 3.8) is 0 Å². The number of hydrogen-bond donors (Lipinski definition) is 2. The Morgan fingerprint density at radius 1 is 1.71 bits per heavy atom. The SMILES string of the molecule is C[C@@H](N)C(=O)NCc1ccc(F)cn1. The summed E-state index contributed by atoms with van der Waals surface area (Å²) in [6.45, 7) is 1.86. The highest BCUT2D eigenvalue weighted by atomic mass is 19.1. The van der Waals surface area contributed by atoms with Crippen molar-refractivity contribution in [2.24, 2.45) is 5.73 Å². The van der Waals surface area contributed by atoms with Crippen molar-refractivity contribution in [3.8, 4) is 0 Å². The molecule has 1 heterocycles. The minimum absolute atomic E-state index is 0.254. The minimum atomic E-state index is -0.546. The van der Waals surface area contributed by atoms with E-state index in [9.17, 15) is 9.18 Å². The van der Waals surface area contributed by atoms with Gasteiger partial charge in [-0.2, -0.15) is 0 Å². The van der Waals surface area contributed by atoms with E-state index >= 15 is 0 Å². The Bertz CT molecular complexity index is 310. The van der Waals surface area contributed by atoms with Gasteiger partial charge in [0.2, 0.25) is 5.91 Å². The molecule has 14 heavy (non-hydrogen) atoms. The molecule has 1 aromatic heterocycles. The van der Waals surface area contributed by atoms with E-state index in [2.05, 4.69) is 10.3 Å². The number of nitrogens with zero attached hydrogens (tertiary/aromatic N) is 1. The number of carbonyl (C=O) groups is 1. The zero-order valence-corrected chi connectivity index (χ0v) is 7.83. The van der Waals surface area contributed by atoms with Gasteiger partial charge in [-0.25, -0.2) is 4.39 Å². The summed E-state index contributed by atoms with van der Waals surface area (Å²) in [7, 11) is 0. The maximum atomic E-state index is 12.4. The molecule has 0 aliphatic rings. The van der Waals surface area contributed by atoms with Gasteiger partial charge in [0.05, 0.1) is 24.5 Å². The monoisotopic (exact) mass is 197 g/mol. The Labute approximate surface area is 81.3 Å². The number of rotatable bonds is 3. The van der Waals surface area contributed by atoms with Crippen LogP contribution in [0, 0.1) is 5.82 Å². The largest absolute Gasteiger partial charge is 0.349 e. The van der Waals surface area contributed by atoms with Gasteiger partial charge < -0.3 is 11.1 Å². The van der Waals surface area contributed by atoms with Gasteiger partial charge in [0.1, 0.15) is 5.82 Å². The molecule has 1 atom stereocenters. The maximum Gasteiger partial charge on any atom is 0.236 e. The highest BCUT2D eigenvalue weighted by Gasteiger charge is 2.06. The quantitative estimate of drug-likeness (QED) is 0.726. The first-order valence-corrected chi connectivity index (χ1v) is 4.23. The van der Waals surface area contributed by atoms with Gasteiger partial charge in [-0.3, -0.25) is 9.78 Å². The second kappa shape index (κ2) is 4.66. The number of nitrogens with one attached hydrogen (secondary N) is 1. The molecule has 0 aromatic carbocycles. The molecule has 0 aliphatic carbocycles. The van der Waals surface area contributed by atoms with Crippen LogP contribution in [0.3, 0.4) is 0 Å². The maximum absolute atomic E-state index is 12.4. The summed E-state index contributed by atoms with van der Waals surface area (Å²) in [4.78, 5) is 14.8. The number of carbonyl (C=O) groups excluding carboxylic acids is 1. The first-order valence-electron chi connectivity index (χ1n) is 4.23. The van der Waals surface area contributed by atoms with Gasteiger partial charge in [-0.1, -0.05) is 0 Å². The van der Waals surface area contributed by atoms with Crippen molar-refractivity contribution in [2.75, 3.05) is 0 Å². The van der Waals surface area contributed by atoms with Gasteiger partial charge in [-0.15, -0.1) is 0 Å². The molecular weight excluding hydrogens is 185 g/mol. The molecule has 0 aliphatic heterocycles. The molecule has 0 saturated heterocycles. The number of halogens is 1. The third-order valence-corrected chi connectivity index (χ3v) is 1.65. The summed E-state index contributed by atoms with van der Waals surface area (Å²) >= 11 is 0. The smallest absolute Gasteiger partial charge is 0.236 e. The second-order valence-electron chi connectivity index (χ2n) is 2.97. The zero-order chi connectivity index (χ0) is 10.6. The molecule has 1 amide bonds. The van der Waals surface area contributed by atoms with Crippen LogP contribution in [0.1, 0.15) is 12.6 Å². The zero-order valence-electron chi connectivity index (χ0n) is 7.83. The number of pyridine rings is 1. The van der Waals surface area contributed by atoms with E-state index in [0.29, 0.717) is 5.69 Å². The van der Waals surface area contributed by atoms with E-state index in [1.165, 1.54) is 12.1 Å². The Morgan fingerprint density at radius 3 is 2.93 bits per heavy atom. The predicted octanol–water partition coefficient (Wildman–Crippen LogP) is 0.184. The van der Waals surface area contributed by atoms with Crippen LogP contribution in [0.25, 0.3) is 0 Å². The normalized spacial score (nSPS) is 12.2. The van der Waals surface area contributed by atoms with E-state index in [4.69, 9.17) is 5.73 Å². The molecule has 0 spiro atoms. The fourth-order valence-corrected chi connectivity index (χ4v) is 0.850. The van der Waals surface area contributed by atoms with E-state index in [1.54, 1.807) is 6.92 Å². The Hall–Kier alpha value is -1.49. The van der Waals surface area contributed by atoms with Gasteiger partial charge in [-0.05, 0) is 19.1 Å². The lowest BCUT2D eigenvalue weighted by molar-refractivity contribution is -0.122. The molecule has 0 radical (unpaired) electrons. The average Bonchev–Trinajstić information content (AvgIpc) is 2.16. The first kappa shape index (κ1) is 10.6. The molecule has 1 aromatic rings. The summed E-state index contributed by atoms with van der Waals surface area (Å²) in [5.74, 6) is -0.650. The highest BCUT2D eigenvalue weighted by molar-refractivity contribution is 5.80. The van der Waals surface area contributed by atoms with Crippen LogP contribution in [0.4, 0.5) is 4.39 Å². The van der Waals surface area contributed by atoms with Crippen molar-refractivity contribution in [3.05, 3.63) is 29.8 Å². The Morgan fingerprint density at radius 2 is 2.43 bits per heavy atom. The summed E-state index contributed by atoms with van der Waals surface area (Å²) in [5.41, 5.74) is 5.93. The van der Waals surface area contributed by atoms with Crippen molar-refractivity contribution >= 4 is 5.91 Å². The van der Waals surface area contributed by atoms with E-state index in [0.717, 1.165) is 6.20 Å². The number of nitrogens with two attached hydrogens (primary N) is 1. The lowest BCUT2D eigenvalue weighted by Gasteiger charge is -2.06. The van der Waals surface area contributed by atoms with Crippen molar-refractivity contribution in [2.45, 2.75) is 19.5 Å². The summed E-state index contributed by atoms with van der Waals surface area (Å²) < 4.78 is 12.4. The van der Waals surface area contributed by atoms with Crippen molar-refractivity contribution in [1.29, 1.82) is 0 Å². The van der Waals surface area contributed by atoms with Gasteiger partial charge in [0.15, 0.2) is 0 Å². The van der Waals surface area contributed by atoms with Gasteiger partial charge in [0.25, 0.3) is 0 Å². The Balaban J connectivity index is 2.46. The molecule has 3 N–H and O–H groups in total. The van der Waals surface area contributed by atoms with Gasteiger partial charge in [0, 0.05) is 0 Å². The summed E-state index contributed by atoms with van der Waals surface area (Å²) in [6, 6.07) is 2.26. The van der Waals surface area contributed by atoms with Crippen LogP contribution in [0.15, 0.2) is 18.3 Å². The molecule has 0 fully saturated rings. The second-order valence-corrected chi connectivity index (χ2v) is 2.97. The average molecular weight is 197 g/mol. The van der Waals surface area contributed by atoms with E-state index in [-0.39, 0.29) is 12.5 Å². The van der Waals surface area contributed by atoms with Crippen molar-refractivity contribution < 1.29 is 9.18 Å². The predicted molar refractivity (Wildman–Crippen MR) is 49.7 cm³/mol. The number of amides is 1. The number of aromatic nitrogens is 1. The topological polar surface area (TPSA) is 68.0 Å². The van der Waals surface area contributed by atoms with Gasteiger partial charge >= 0.3 is 0 Å². The standard InChI is InChI=1S/C9H12FN3O/c1-6(11)9(14)13-5-8-3-2-7(10)4-12-8/h2-4,6H,5,11H2,1H3,(H,13,14)/t6-/m1/s1. The van der Waals surface area contributed by atoms with Crippen molar-refractivity contribution in [1.82, 2.24) is 10.3 Å². The van der Waals surface area contributed by atoms with Crippen LogP contribution in [-0.2, 0) is 11.3 Å². The summed E-state index contributed by atoms with van der Waals surface area (Å²) in [5, 5.41) is 2.57. The molecule has 0 saturated carbocycles. The summed E-state index contributed by atoms with van der Waals surface area (Å²) in [6.07, 6.45) is 1.10. The van der Waals surface area contributed by atoms with Crippen LogP contribution < -0.4 is 11.1 Å². The van der Waals surface area contributed by atoms with Crippen LogP contribution in [0.2, 0.25) is 0 Å². The molecule has 76 valence electrons. The minimum Gasteiger partial charge on any atom is -0.349 e. The molecule has 5 heteroatoms. The molecule has 1 rings (SSSR count). The lowest BCUT2D eigenvalue weighted by Crippen LogP contribution is -2.37. The third-order valence-electron chi connectivity index (χ3n) is 1.65. The molecule has 0 unspecified atom stereocenters. The van der Waals surface area contributed by atoms with E-state index < -0.39 is 11.9 Å². The van der Waals surface area contributed by atoms with Crippen LogP contribution in [-0.4, -0.2) is 16.9 Å². The van der Waals surface area contributed by atoms with E-state index in [1.807, 2.05) is 0 Å².